The Balaban J connectivity index is 1.81. The number of hydrogen-bond donors (Lipinski definition) is 2. The molecule has 1 aliphatic carbocycles. The maximum Gasteiger partial charge on any atom is 0.143 e. The van der Waals surface area contributed by atoms with E-state index in [1.807, 2.05) is 12.3 Å². The fourth-order valence-electron chi connectivity index (χ4n) is 2.52. The Labute approximate surface area is 110 Å². The van der Waals surface area contributed by atoms with E-state index in [1.165, 1.54) is 17.3 Å². The number of nitrogens with zero attached hydrogens (tertiary/aromatic N) is 2. The molecular weight excluding hydrogens is 243 g/mol. The van der Waals surface area contributed by atoms with Gasteiger partial charge in [-0.1, -0.05) is 6.07 Å². The zero-order valence-corrected chi connectivity index (χ0v) is 10.3. The van der Waals surface area contributed by atoms with Gasteiger partial charge in [-0.05, 0) is 37.0 Å². The first kappa shape index (κ1) is 11.7. The monoisotopic (exact) mass is 256 g/mol. The molecule has 0 radical (unpaired) electrons. The highest BCUT2D eigenvalue weighted by atomic mass is 19.1. The number of aryl methyl sites for hydroxylation is 1. The summed E-state index contributed by atoms with van der Waals surface area (Å²) in [6.07, 6.45) is 4.54. The number of H-pyrrole nitrogens is 1. The Morgan fingerprint density at radius 2 is 2.37 bits per heavy atom. The lowest BCUT2D eigenvalue weighted by Gasteiger charge is -2.24. The third-order valence-electron chi connectivity index (χ3n) is 3.50. The molecule has 1 unspecified atom stereocenters. The number of nitrogens with one attached hydrogen (secondary N) is 2. The molecule has 5 heteroatoms. The van der Waals surface area contributed by atoms with Gasteiger partial charge < -0.3 is 5.32 Å². The second-order valence-corrected chi connectivity index (χ2v) is 4.73. The van der Waals surface area contributed by atoms with E-state index in [2.05, 4.69) is 15.5 Å². The standard InChI is InChI=1S/C14H13FN4/c15-12-2-1-3-14(11(12)7-16)18-10-4-5-13-9(6-10)8-17-19-13/h1-3,8,10,18H,4-6H2,(H,17,19). The molecule has 4 nitrogen and oxygen atoms in total. The van der Waals surface area contributed by atoms with E-state index in [4.69, 9.17) is 5.26 Å². The molecule has 0 bridgehead atoms. The molecule has 2 N–H and O–H groups in total. The fraction of sp³-hybridized carbons (Fsp3) is 0.286. The van der Waals surface area contributed by atoms with Gasteiger partial charge in [0.15, 0.2) is 0 Å². The van der Waals surface area contributed by atoms with Crippen LogP contribution in [0, 0.1) is 17.1 Å². The largest absolute Gasteiger partial charge is 0.381 e. The van der Waals surface area contributed by atoms with Crippen LogP contribution in [-0.4, -0.2) is 16.2 Å². The first-order chi connectivity index (χ1) is 9.28. The van der Waals surface area contributed by atoms with Crippen LogP contribution in [0.5, 0.6) is 0 Å². The lowest BCUT2D eigenvalue weighted by Crippen LogP contribution is -2.27. The van der Waals surface area contributed by atoms with Crippen LogP contribution in [0.15, 0.2) is 24.4 Å². The maximum atomic E-state index is 13.5. The lowest BCUT2D eigenvalue weighted by molar-refractivity contribution is 0.600. The van der Waals surface area contributed by atoms with Crippen LogP contribution in [0.4, 0.5) is 10.1 Å². The molecule has 0 amide bonds. The number of anilines is 1. The smallest absolute Gasteiger partial charge is 0.143 e. The molecule has 19 heavy (non-hydrogen) atoms. The minimum atomic E-state index is -0.479. The van der Waals surface area contributed by atoms with Gasteiger partial charge in [-0.15, -0.1) is 0 Å². The Morgan fingerprint density at radius 3 is 3.21 bits per heavy atom. The van der Waals surface area contributed by atoms with Crippen molar-refractivity contribution >= 4 is 5.69 Å². The number of aromatic amines is 1. The summed E-state index contributed by atoms with van der Waals surface area (Å²) in [5.74, 6) is -0.479. The van der Waals surface area contributed by atoms with Crippen LogP contribution in [0.25, 0.3) is 0 Å². The average Bonchev–Trinajstić information content (AvgIpc) is 2.86. The van der Waals surface area contributed by atoms with Crippen LogP contribution < -0.4 is 5.32 Å². The molecule has 3 rings (SSSR count). The number of halogens is 1. The van der Waals surface area contributed by atoms with Gasteiger partial charge in [0.1, 0.15) is 17.4 Å². The van der Waals surface area contributed by atoms with Crippen LogP contribution >= 0.6 is 0 Å². The highest BCUT2D eigenvalue weighted by Crippen LogP contribution is 2.24. The maximum absolute atomic E-state index is 13.5. The molecule has 0 aliphatic heterocycles. The predicted octanol–water partition coefficient (Wildman–Crippen LogP) is 2.39. The number of rotatable bonds is 2. The molecule has 1 aliphatic rings. The summed E-state index contributed by atoms with van der Waals surface area (Å²) < 4.78 is 13.5. The summed E-state index contributed by atoms with van der Waals surface area (Å²) in [5.41, 5.74) is 3.02. The van der Waals surface area contributed by atoms with Crippen molar-refractivity contribution in [3.05, 3.63) is 47.0 Å². The summed E-state index contributed by atoms with van der Waals surface area (Å²) in [7, 11) is 0. The van der Waals surface area contributed by atoms with Gasteiger partial charge in [-0.3, -0.25) is 5.10 Å². The zero-order valence-electron chi connectivity index (χ0n) is 10.3. The second kappa shape index (κ2) is 4.73. The Bertz CT molecular complexity index is 641. The average molecular weight is 256 g/mol. The van der Waals surface area contributed by atoms with Crippen molar-refractivity contribution in [2.45, 2.75) is 25.3 Å². The number of fused-ring (bicyclic) bond motifs is 1. The van der Waals surface area contributed by atoms with Gasteiger partial charge >= 0.3 is 0 Å². The summed E-state index contributed by atoms with van der Waals surface area (Å²) >= 11 is 0. The number of hydrogen-bond acceptors (Lipinski definition) is 3. The molecule has 2 aromatic rings. The van der Waals surface area contributed by atoms with Gasteiger partial charge in [-0.2, -0.15) is 10.4 Å². The summed E-state index contributed by atoms with van der Waals surface area (Å²) in [6.45, 7) is 0. The van der Waals surface area contributed by atoms with E-state index < -0.39 is 5.82 Å². The van der Waals surface area contributed by atoms with E-state index in [0.717, 1.165) is 19.3 Å². The Morgan fingerprint density at radius 1 is 1.47 bits per heavy atom. The van der Waals surface area contributed by atoms with Crippen molar-refractivity contribution in [2.24, 2.45) is 0 Å². The molecule has 1 aromatic heterocycles. The third kappa shape index (κ3) is 2.17. The van der Waals surface area contributed by atoms with Crippen LogP contribution in [0.2, 0.25) is 0 Å². The summed E-state index contributed by atoms with van der Waals surface area (Å²) in [6, 6.07) is 6.78. The van der Waals surface area contributed by atoms with Crippen molar-refractivity contribution in [1.29, 1.82) is 5.26 Å². The lowest BCUT2D eigenvalue weighted by atomic mass is 9.93. The van der Waals surface area contributed by atoms with E-state index in [-0.39, 0.29) is 11.6 Å². The normalized spacial score (nSPS) is 17.6. The van der Waals surface area contributed by atoms with E-state index in [1.54, 1.807) is 12.1 Å². The first-order valence-electron chi connectivity index (χ1n) is 6.24. The highest BCUT2D eigenvalue weighted by molar-refractivity contribution is 5.58. The summed E-state index contributed by atoms with van der Waals surface area (Å²) in [5, 5.41) is 19.3. The van der Waals surface area contributed by atoms with Crippen molar-refractivity contribution in [3.63, 3.8) is 0 Å². The Kier molecular flexibility index (Phi) is 2.92. The molecular formula is C14H13FN4. The quantitative estimate of drug-likeness (QED) is 0.867. The van der Waals surface area contributed by atoms with Crippen LogP contribution in [-0.2, 0) is 12.8 Å². The van der Waals surface area contributed by atoms with Crippen molar-refractivity contribution in [3.8, 4) is 6.07 Å². The van der Waals surface area contributed by atoms with E-state index in [9.17, 15) is 4.39 Å². The summed E-state index contributed by atoms with van der Waals surface area (Å²) in [4.78, 5) is 0. The minimum absolute atomic E-state index is 0.0838. The third-order valence-corrected chi connectivity index (χ3v) is 3.50. The zero-order chi connectivity index (χ0) is 13.2. The number of benzene rings is 1. The first-order valence-corrected chi connectivity index (χ1v) is 6.24. The highest BCUT2D eigenvalue weighted by Gasteiger charge is 2.21. The van der Waals surface area contributed by atoms with Crippen molar-refractivity contribution < 1.29 is 4.39 Å². The molecule has 96 valence electrons. The van der Waals surface area contributed by atoms with Crippen molar-refractivity contribution in [2.75, 3.05) is 5.32 Å². The topological polar surface area (TPSA) is 64.5 Å². The van der Waals surface area contributed by atoms with E-state index in [0.29, 0.717) is 5.69 Å². The minimum Gasteiger partial charge on any atom is -0.381 e. The second-order valence-electron chi connectivity index (χ2n) is 4.73. The molecule has 0 saturated heterocycles. The van der Waals surface area contributed by atoms with E-state index >= 15 is 0 Å². The van der Waals surface area contributed by atoms with Gasteiger partial charge in [0, 0.05) is 11.7 Å². The van der Waals surface area contributed by atoms with Gasteiger partial charge in [0.2, 0.25) is 0 Å². The van der Waals surface area contributed by atoms with Crippen molar-refractivity contribution in [1.82, 2.24) is 10.2 Å². The molecule has 1 atom stereocenters. The van der Waals surface area contributed by atoms with Gasteiger partial charge in [0.25, 0.3) is 0 Å². The molecule has 1 aromatic carbocycles. The predicted molar refractivity (Wildman–Crippen MR) is 69.1 cm³/mol. The van der Waals surface area contributed by atoms with Crippen LogP contribution in [0.1, 0.15) is 23.2 Å². The molecule has 0 saturated carbocycles. The van der Waals surface area contributed by atoms with Gasteiger partial charge in [-0.25, -0.2) is 4.39 Å². The number of nitriles is 1. The fourth-order valence-corrected chi connectivity index (χ4v) is 2.52. The number of aromatic nitrogens is 2. The Hall–Kier alpha value is -2.35. The van der Waals surface area contributed by atoms with Gasteiger partial charge in [0.05, 0.1) is 11.9 Å². The molecule has 1 heterocycles. The molecule has 0 fully saturated rings. The van der Waals surface area contributed by atoms with Crippen LogP contribution in [0.3, 0.4) is 0 Å². The molecule has 0 spiro atoms. The SMILES string of the molecule is N#Cc1c(F)cccc1NC1CCc2[nH]ncc2C1.